The third kappa shape index (κ3) is 6.51. The van der Waals surface area contributed by atoms with Crippen molar-refractivity contribution in [1.82, 2.24) is 4.98 Å². The summed E-state index contributed by atoms with van der Waals surface area (Å²) < 4.78 is 0. The van der Waals surface area contributed by atoms with Crippen molar-refractivity contribution in [3.63, 3.8) is 0 Å². The molecule has 1 aliphatic heterocycles. The highest BCUT2D eigenvalue weighted by Crippen LogP contribution is 2.39. The highest BCUT2D eigenvalue weighted by molar-refractivity contribution is 6.07. The Labute approximate surface area is 340 Å². The Bertz CT molecular complexity index is 3060. The van der Waals surface area contributed by atoms with Gasteiger partial charge in [0.2, 0.25) is 0 Å². The van der Waals surface area contributed by atoms with Crippen molar-refractivity contribution in [2.75, 3.05) is 0 Å². The number of aromatic nitrogens is 1. The van der Waals surface area contributed by atoms with E-state index in [1.165, 1.54) is 88.0 Å². The van der Waals surface area contributed by atoms with Gasteiger partial charge in [0.15, 0.2) is 0 Å². The number of benzene rings is 8. The maximum Gasteiger partial charge on any atom is 0.0726 e. The van der Waals surface area contributed by atoms with E-state index >= 15 is 0 Å². The molecular weight excluding hydrogens is 701 g/mol. The summed E-state index contributed by atoms with van der Waals surface area (Å²) in [5.74, 6) is 0.543. The molecule has 1 aromatic heterocycles. The fourth-order valence-corrected chi connectivity index (χ4v) is 9.22. The first-order valence-corrected chi connectivity index (χ1v) is 20.5. The smallest absolute Gasteiger partial charge is 0.0726 e. The van der Waals surface area contributed by atoms with Gasteiger partial charge in [0.05, 0.1) is 11.4 Å². The number of fused-ring (bicyclic) bond motifs is 3. The Kier molecular flexibility index (Phi) is 9.31. The molecule has 0 radical (unpaired) electrons. The summed E-state index contributed by atoms with van der Waals surface area (Å²) in [6.45, 7) is 4.74. The summed E-state index contributed by atoms with van der Waals surface area (Å²) in [6.07, 6.45) is 7.14. The van der Waals surface area contributed by atoms with E-state index in [1.54, 1.807) is 0 Å². The second-order valence-electron chi connectivity index (χ2n) is 15.8. The van der Waals surface area contributed by atoms with Gasteiger partial charge in [-0.3, -0.25) is 9.98 Å². The van der Waals surface area contributed by atoms with Crippen LogP contribution in [-0.4, -0.2) is 11.0 Å². The Morgan fingerprint density at radius 1 is 0.448 bits per heavy atom. The van der Waals surface area contributed by atoms with Gasteiger partial charge in [-0.15, -0.1) is 0 Å². The van der Waals surface area contributed by atoms with E-state index in [0.29, 0.717) is 5.92 Å². The molecule has 0 bridgehead atoms. The van der Waals surface area contributed by atoms with E-state index in [4.69, 9.17) is 4.99 Å². The maximum atomic E-state index is 5.87. The van der Waals surface area contributed by atoms with Crippen LogP contribution in [0.5, 0.6) is 0 Å². The molecule has 8 aromatic carbocycles. The largest absolute Gasteiger partial charge is 0.280 e. The molecular formula is C56H44N2. The van der Waals surface area contributed by atoms with Gasteiger partial charge < -0.3 is 0 Å². The zero-order chi connectivity index (χ0) is 39.0. The fraction of sp³-hybridized carbons (Fsp3) is 0.107. The molecule has 2 heteroatoms. The van der Waals surface area contributed by atoms with E-state index in [1.807, 2.05) is 12.4 Å². The van der Waals surface area contributed by atoms with Gasteiger partial charge >= 0.3 is 0 Å². The van der Waals surface area contributed by atoms with E-state index in [9.17, 15) is 0 Å². The third-order valence-corrected chi connectivity index (χ3v) is 12.3. The summed E-state index contributed by atoms with van der Waals surface area (Å²) in [5.41, 5.74) is 13.4. The van der Waals surface area contributed by atoms with Gasteiger partial charge in [-0.1, -0.05) is 178 Å². The fourth-order valence-electron chi connectivity index (χ4n) is 9.22. The van der Waals surface area contributed by atoms with Gasteiger partial charge in [0.25, 0.3) is 0 Å². The van der Waals surface area contributed by atoms with Crippen LogP contribution in [0.25, 0.3) is 83.3 Å². The average molecular weight is 745 g/mol. The number of hydrogen-bond donors (Lipinski definition) is 0. The summed E-state index contributed by atoms with van der Waals surface area (Å²) in [5, 5.41) is 7.26. The average Bonchev–Trinajstić information content (AvgIpc) is 3.47. The molecule has 0 spiro atoms. The van der Waals surface area contributed by atoms with Crippen LogP contribution < -0.4 is 10.6 Å². The molecule has 0 saturated carbocycles. The number of hydrogen-bond acceptors (Lipinski definition) is 2. The molecule has 2 nitrogen and oxygen atoms in total. The van der Waals surface area contributed by atoms with Gasteiger partial charge in [-0.2, -0.15) is 0 Å². The molecule has 1 aliphatic rings. The lowest BCUT2D eigenvalue weighted by Crippen LogP contribution is -2.30. The quantitative estimate of drug-likeness (QED) is 0.160. The van der Waals surface area contributed by atoms with Crippen LogP contribution in [0.4, 0.5) is 0 Å². The minimum absolute atomic E-state index is 0.0793. The van der Waals surface area contributed by atoms with Crippen LogP contribution in [0.15, 0.2) is 199 Å². The van der Waals surface area contributed by atoms with Crippen LogP contribution in [0.2, 0.25) is 0 Å². The third-order valence-electron chi connectivity index (χ3n) is 12.3. The first-order chi connectivity index (χ1) is 28.6. The lowest BCUT2D eigenvalue weighted by molar-refractivity contribution is 0.413. The summed E-state index contributed by atoms with van der Waals surface area (Å²) in [7, 11) is 0. The molecule has 58 heavy (non-hydrogen) atoms. The van der Waals surface area contributed by atoms with E-state index in [0.717, 1.165) is 11.8 Å². The molecule has 10 rings (SSSR count). The molecule has 0 N–H and O–H groups in total. The number of nitrogens with zero attached hydrogens (tertiary/aromatic N) is 2. The zero-order valence-corrected chi connectivity index (χ0v) is 32.9. The number of rotatable bonds is 7. The maximum absolute atomic E-state index is 5.87. The molecule has 278 valence electrons. The van der Waals surface area contributed by atoms with Crippen LogP contribution >= 0.6 is 0 Å². The predicted octanol–water partition coefficient (Wildman–Crippen LogP) is 13.3. The van der Waals surface area contributed by atoms with Gasteiger partial charge in [0, 0.05) is 23.9 Å². The van der Waals surface area contributed by atoms with Crippen molar-refractivity contribution in [3.8, 4) is 55.6 Å². The highest BCUT2D eigenvalue weighted by Gasteiger charge is 2.27. The van der Waals surface area contributed by atoms with Crippen LogP contribution in [0.1, 0.15) is 31.7 Å². The molecule has 9 aromatic rings. The number of pyridine rings is 1. The van der Waals surface area contributed by atoms with Gasteiger partial charge in [-0.25, -0.2) is 0 Å². The molecule has 3 atom stereocenters. The lowest BCUT2D eigenvalue weighted by atomic mass is 9.84. The molecule has 0 aliphatic carbocycles. The Morgan fingerprint density at radius 3 is 1.57 bits per heavy atom. The summed E-state index contributed by atoms with van der Waals surface area (Å²) >= 11 is 0. The van der Waals surface area contributed by atoms with Crippen molar-refractivity contribution in [2.24, 2.45) is 10.9 Å². The van der Waals surface area contributed by atoms with Crippen LogP contribution in [0, 0.1) is 5.92 Å². The SMILES string of the molecule is CC1CC=c2cc(-c3ccc(-c4ccccc4)c4ccccc34)cc(-c3ccc(-c4ccccc4)c4ccccc34)c2=NC1C(C)c1cccc(-c2ccncc2)c1. The first-order valence-electron chi connectivity index (χ1n) is 20.5. The van der Waals surface area contributed by atoms with Gasteiger partial charge in [-0.05, 0) is 119 Å². The van der Waals surface area contributed by atoms with Crippen molar-refractivity contribution in [2.45, 2.75) is 32.2 Å². The minimum Gasteiger partial charge on any atom is -0.280 e. The van der Waals surface area contributed by atoms with Crippen LogP contribution in [-0.2, 0) is 0 Å². The molecule has 0 saturated heterocycles. The Hall–Kier alpha value is -6.90. The second-order valence-corrected chi connectivity index (χ2v) is 15.8. The van der Waals surface area contributed by atoms with Crippen molar-refractivity contribution < 1.29 is 0 Å². The topological polar surface area (TPSA) is 25.2 Å². The zero-order valence-electron chi connectivity index (χ0n) is 32.9. The monoisotopic (exact) mass is 744 g/mol. The summed E-state index contributed by atoms with van der Waals surface area (Å²) in [6, 6.07) is 66.6. The highest BCUT2D eigenvalue weighted by atomic mass is 14.8. The Morgan fingerprint density at radius 2 is 0.966 bits per heavy atom. The second kappa shape index (κ2) is 15.2. The van der Waals surface area contributed by atoms with E-state index in [-0.39, 0.29) is 12.0 Å². The van der Waals surface area contributed by atoms with Crippen LogP contribution in [0.3, 0.4) is 0 Å². The van der Waals surface area contributed by atoms with Crippen molar-refractivity contribution >= 4 is 27.6 Å². The molecule has 0 fully saturated rings. The molecule has 2 heterocycles. The Balaban J connectivity index is 1.20. The predicted molar refractivity (Wildman–Crippen MR) is 244 cm³/mol. The molecule has 3 unspecified atom stereocenters. The standard InChI is InChI=1S/C56H44N2/c1-37-24-25-44-35-45(48-27-26-46(40-14-5-3-6-15-40)49-20-9-10-22-51(48)49)36-54(53-29-28-47(41-16-7-4-8-17-41)50-21-11-12-23-52(50)53)56(44)58-55(37)38(2)42-18-13-19-43(34-42)39-30-32-57-33-31-39/h3-23,25-38,55H,24H2,1-2H3. The first kappa shape index (κ1) is 35.5. The minimum atomic E-state index is 0.0793. The van der Waals surface area contributed by atoms with Gasteiger partial charge in [0.1, 0.15) is 0 Å². The van der Waals surface area contributed by atoms with E-state index < -0.39 is 0 Å². The summed E-state index contributed by atoms with van der Waals surface area (Å²) in [4.78, 5) is 10.1. The molecule has 0 amide bonds. The normalized spacial score (nSPS) is 15.6. The van der Waals surface area contributed by atoms with Crippen molar-refractivity contribution in [3.05, 3.63) is 211 Å². The van der Waals surface area contributed by atoms with Crippen molar-refractivity contribution in [1.29, 1.82) is 0 Å². The lowest BCUT2D eigenvalue weighted by Gasteiger charge is -2.26. The van der Waals surface area contributed by atoms with E-state index in [2.05, 4.69) is 207 Å².